The molecule has 1 amide bonds. The SMILES string of the molecule is CC(C)OC(=O)N1CCc2c(nc(N)[nH]c2=O)C1. The molecule has 7 nitrogen and oxygen atoms in total. The summed E-state index contributed by atoms with van der Waals surface area (Å²) in [6.07, 6.45) is -0.0992. The molecule has 1 aliphatic rings. The predicted octanol–water partition coefficient (Wildman–Crippen LogP) is 0.255. The molecule has 18 heavy (non-hydrogen) atoms. The Balaban J connectivity index is 2.20. The highest BCUT2D eigenvalue weighted by molar-refractivity contribution is 5.68. The normalized spacial score (nSPS) is 14.5. The number of anilines is 1. The lowest BCUT2D eigenvalue weighted by Gasteiger charge is -2.27. The smallest absolute Gasteiger partial charge is 0.410 e. The molecule has 0 aliphatic carbocycles. The Morgan fingerprint density at radius 1 is 1.56 bits per heavy atom. The van der Waals surface area contributed by atoms with E-state index in [9.17, 15) is 9.59 Å². The molecule has 0 radical (unpaired) electrons. The molecule has 0 saturated heterocycles. The van der Waals surface area contributed by atoms with Crippen molar-refractivity contribution in [1.29, 1.82) is 0 Å². The van der Waals surface area contributed by atoms with Crippen LogP contribution in [0.4, 0.5) is 10.7 Å². The number of hydrogen-bond acceptors (Lipinski definition) is 5. The number of H-pyrrole nitrogens is 1. The van der Waals surface area contributed by atoms with E-state index in [0.717, 1.165) is 0 Å². The minimum absolute atomic E-state index is 0.0674. The number of aromatic nitrogens is 2. The fraction of sp³-hybridized carbons (Fsp3) is 0.545. The summed E-state index contributed by atoms with van der Waals surface area (Å²) in [5, 5.41) is 0. The zero-order valence-electron chi connectivity index (χ0n) is 10.4. The second kappa shape index (κ2) is 4.67. The van der Waals surface area contributed by atoms with Crippen LogP contribution in [-0.2, 0) is 17.7 Å². The van der Waals surface area contributed by atoms with Crippen LogP contribution < -0.4 is 11.3 Å². The molecule has 0 aromatic carbocycles. The molecule has 0 saturated carbocycles. The second-order valence-corrected chi connectivity index (χ2v) is 4.48. The van der Waals surface area contributed by atoms with Gasteiger partial charge in [-0.1, -0.05) is 0 Å². The first-order valence-corrected chi connectivity index (χ1v) is 5.80. The van der Waals surface area contributed by atoms with Gasteiger partial charge in [0.1, 0.15) is 0 Å². The molecular formula is C11H16N4O3. The summed E-state index contributed by atoms with van der Waals surface area (Å²) in [5.41, 5.74) is 6.40. The largest absolute Gasteiger partial charge is 0.447 e. The van der Waals surface area contributed by atoms with E-state index in [4.69, 9.17) is 10.5 Å². The molecule has 98 valence electrons. The van der Waals surface area contributed by atoms with E-state index >= 15 is 0 Å². The van der Waals surface area contributed by atoms with Crippen LogP contribution in [0.15, 0.2) is 4.79 Å². The number of amides is 1. The van der Waals surface area contributed by atoms with Crippen molar-refractivity contribution in [3.8, 4) is 0 Å². The van der Waals surface area contributed by atoms with E-state index in [1.807, 2.05) is 0 Å². The van der Waals surface area contributed by atoms with Crippen molar-refractivity contribution >= 4 is 12.0 Å². The van der Waals surface area contributed by atoms with E-state index in [1.165, 1.54) is 4.90 Å². The predicted molar refractivity (Wildman–Crippen MR) is 65.0 cm³/mol. The van der Waals surface area contributed by atoms with Gasteiger partial charge in [0, 0.05) is 12.1 Å². The molecule has 0 atom stereocenters. The number of nitrogens with two attached hydrogens (primary N) is 1. The lowest BCUT2D eigenvalue weighted by Crippen LogP contribution is -2.40. The molecule has 0 bridgehead atoms. The van der Waals surface area contributed by atoms with Gasteiger partial charge in [-0.2, -0.15) is 0 Å². The van der Waals surface area contributed by atoms with Crippen LogP contribution in [0.1, 0.15) is 25.1 Å². The first-order valence-electron chi connectivity index (χ1n) is 5.80. The zero-order chi connectivity index (χ0) is 13.3. The summed E-state index contributed by atoms with van der Waals surface area (Å²) in [7, 11) is 0. The number of aromatic amines is 1. The molecule has 2 rings (SSSR count). The molecule has 1 aliphatic heterocycles. The summed E-state index contributed by atoms with van der Waals surface area (Å²) in [5.74, 6) is 0.0674. The minimum Gasteiger partial charge on any atom is -0.447 e. The van der Waals surface area contributed by atoms with Crippen molar-refractivity contribution in [3.63, 3.8) is 0 Å². The molecule has 0 spiro atoms. The van der Waals surface area contributed by atoms with Gasteiger partial charge in [0.05, 0.1) is 18.3 Å². The van der Waals surface area contributed by atoms with Gasteiger partial charge in [-0.05, 0) is 20.3 Å². The summed E-state index contributed by atoms with van der Waals surface area (Å²) in [4.78, 5) is 31.4. The van der Waals surface area contributed by atoms with Crippen molar-refractivity contribution in [1.82, 2.24) is 14.9 Å². The molecule has 0 unspecified atom stereocenters. The maximum Gasteiger partial charge on any atom is 0.410 e. The van der Waals surface area contributed by atoms with Gasteiger partial charge >= 0.3 is 6.09 Å². The van der Waals surface area contributed by atoms with E-state index in [0.29, 0.717) is 24.2 Å². The monoisotopic (exact) mass is 252 g/mol. The van der Waals surface area contributed by atoms with Crippen LogP contribution in [0.3, 0.4) is 0 Å². The number of ether oxygens (including phenoxy) is 1. The molecule has 0 fully saturated rings. The number of fused-ring (bicyclic) bond motifs is 1. The van der Waals surface area contributed by atoms with E-state index < -0.39 is 6.09 Å². The Morgan fingerprint density at radius 3 is 2.94 bits per heavy atom. The van der Waals surface area contributed by atoms with Gasteiger partial charge in [0.25, 0.3) is 5.56 Å². The van der Waals surface area contributed by atoms with Gasteiger partial charge in [0.2, 0.25) is 5.95 Å². The average Bonchev–Trinajstić information content (AvgIpc) is 2.26. The Kier molecular flexibility index (Phi) is 3.22. The standard InChI is InChI=1S/C11H16N4O3/c1-6(2)18-11(17)15-4-3-7-8(5-15)13-10(12)14-9(7)16/h6H,3-5H2,1-2H3,(H3,12,13,14,16). The first-order chi connectivity index (χ1) is 8.47. The molecule has 1 aromatic heterocycles. The van der Waals surface area contributed by atoms with Gasteiger partial charge < -0.3 is 15.4 Å². The summed E-state index contributed by atoms with van der Waals surface area (Å²) in [6, 6.07) is 0. The van der Waals surface area contributed by atoms with Crippen molar-refractivity contribution in [2.75, 3.05) is 12.3 Å². The van der Waals surface area contributed by atoms with Crippen LogP contribution in [0.25, 0.3) is 0 Å². The molecule has 2 heterocycles. The topological polar surface area (TPSA) is 101 Å². The number of carbonyl (C=O) groups excluding carboxylic acids is 1. The lowest BCUT2D eigenvalue weighted by atomic mass is 10.1. The van der Waals surface area contributed by atoms with Gasteiger partial charge in [-0.3, -0.25) is 9.78 Å². The third kappa shape index (κ3) is 2.44. The molecule has 1 aromatic rings. The van der Waals surface area contributed by atoms with Gasteiger partial charge in [-0.25, -0.2) is 9.78 Å². The molecule has 3 N–H and O–H groups in total. The fourth-order valence-electron chi connectivity index (χ4n) is 1.89. The van der Waals surface area contributed by atoms with Gasteiger partial charge in [-0.15, -0.1) is 0 Å². The van der Waals surface area contributed by atoms with Crippen molar-refractivity contribution in [2.45, 2.75) is 32.9 Å². The minimum atomic E-state index is -0.392. The quantitative estimate of drug-likeness (QED) is 0.746. The van der Waals surface area contributed by atoms with Crippen LogP contribution in [-0.4, -0.2) is 33.6 Å². The van der Waals surface area contributed by atoms with Gasteiger partial charge in [0.15, 0.2) is 0 Å². The van der Waals surface area contributed by atoms with Crippen LogP contribution in [0.5, 0.6) is 0 Å². The van der Waals surface area contributed by atoms with Crippen molar-refractivity contribution in [3.05, 3.63) is 21.6 Å². The first kappa shape index (κ1) is 12.4. The number of nitrogens with zero attached hydrogens (tertiary/aromatic N) is 2. The number of rotatable bonds is 1. The number of carbonyl (C=O) groups is 1. The van der Waals surface area contributed by atoms with Crippen molar-refractivity contribution < 1.29 is 9.53 Å². The third-order valence-corrected chi connectivity index (χ3v) is 2.69. The Bertz CT molecular complexity index is 524. The Hall–Kier alpha value is -2.05. The van der Waals surface area contributed by atoms with E-state index in [2.05, 4.69) is 9.97 Å². The van der Waals surface area contributed by atoms with E-state index in [-0.39, 0.29) is 24.2 Å². The maximum absolute atomic E-state index is 11.7. The zero-order valence-corrected chi connectivity index (χ0v) is 10.4. The number of nitrogens with one attached hydrogen (secondary N) is 1. The Morgan fingerprint density at radius 2 is 2.28 bits per heavy atom. The summed E-state index contributed by atoms with van der Waals surface area (Å²) >= 11 is 0. The highest BCUT2D eigenvalue weighted by atomic mass is 16.6. The van der Waals surface area contributed by atoms with Crippen molar-refractivity contribution in [2.24, 2.45) is 0 Å². The second-order valence-electron chi connectivity index (χ2n) is 4.48. The summed E-state index contributed by atoms with van der Waals surface area (Å²) < 4.78 is 5.11. The summed E-state index contributed by atoms with van der Waals surface area (Å²) in [6.45, 7) is 4.29. The Labute approximate surface area is 104 Å². The maximum atomic E-state index is 11.7. The van der Waals surface area contributed by atoms with Crippen LogP contribution in [0.2, 0.25) is 0 Å². The van der Waals surface area contributed by atoms with Crippen LogP contribution in [0, 0.1) is 0 Å². The number of nitrogen functional groups attached to an aromatic ring is 1. The van der Waals surface area contributed by atoms with Crippen LogP contribution >= 0.6 is 0 Å². The fourth-order valence-corrected chi connectivity index (χ4v) is 1.89. The third-order valence-electron chi connectivity index (χ3n) is 2.69. The number of hydrogen-bond donors (Lipinski definition) is 2. The highest BCUT2D eigenvalue weighted by Crippen LogP contribution is 2.15. The molecular weight excluding hydrogens is 236 g/mol. The molecule has 7 heteroatoms. The highest BCUT2D eigenvalue weighted by Gasteiger charge is 2.25. The lowest BCUT2D eigenvalue weighted by molar-refractivity contribution is 0.0724. The average molecular weight is 252 g/mol. The van der Waals surface area contributed by atoms with E-state index in [1.54, 1.807) is 13.8 Å².